The predicted octanol–water partition coefficient (Wildman–Crippen LogP) is 3.86. The molecule has 3 atom stereocenters. The van der Waals surface area contributed by atoms with Gasteiger partial charge in [0.1, 0.15) is 0 Å². The third kappa shape index (κ3) is 5.04. The minimum absolute atomic E-state index is 0.109. The second-order valence-corrected chi connectivity index (χ2v) is 7.58. The molecule has 0 aromatic heterocycles. The lowest BCUT2D eigenvalue weighted by Crippen LogP contribution is -2.51. The molecular weight excluding hydrogens is 368 g/mol. The Morgan fingerprint density at radius 1 is 1.33 bits per heavy atom. The van der Waals surface area contributed by atoms with Crippen molar-refractivity contribution in [2.45, 2.75) is 52.4 Å². The number of carbonyl (C=O) groups is 1. The van der Waals surface area contributed by atoms with Crippen molar-refractivity contribution in [1.29, 1.82) is 0 Å². The SMILES string of the molecule is CCCN(CC(=O)N1CC(C)OC(C)C1)C(C)c1ccccc1Br. The number of benzene rings is 1. The molecule has 3 unspecified atom stereocenters. The maximum Gasteiger partial charge on any atom is 0.236 e. The van der Waals surface area contributed by atoms with E-state index in [1.807, 2.05) is 30.9 Å². The maximum absolute atomic E-state index is 12.8. The lowest BCUT2D eigenvalue weighted by Gasteiger charge is -2.37. The lowest BCUT2D eigenvalue weighted by atomic mass is 10.1. The Bertz CT molecular complexity index is 542. The Hall–Kier alpha value is -0.910. The van der Waals surface area contributed by atoms with Crippen LogP contribution in [0, 0.1) is 0 Å². The van der Waals surface area contributed by atoms with Crippen molar-refractivity contribution in [2.75, 3.05) is 26.2 Å². The largest absolute Gasteiger partial charge is 0.372 e. The van der Waals surface area contributed by atoms with E-state index in [2.05, 4.69) is 46.8 Å². The van der Waals surface area contributed by atoms with Crippen LogP contribution in [0.25, 0.3) is 0 Å². The van der Waals surface area contributed by atoms with Gasteiger partial charge in [-0.15, -0.1) is 0 Å². The molecular formula is C19H29BrN2O2. The van der Waals surface area contributed by atoms with Gasteiger partial charge in [0.05, 0.1) is 18.8 Å². The maximum atomic E-state index is 12.8. The first-order valence-electron chi connectivity index (χ1n) is 8.84. The van der Waals surface area contributed by atoms with Gasteiger partial charge in [0.2, 0.25) is 5.91 Å². The molecule has 1 fully saturated rings. The van der Waals surface area contributed by atoms with E-state index in [0.717, 1.165) is 17.4 Å². The Morgan fingerprint density at radius 2 is 1.96 bits per heavy atom. The molecule has 1 aromatic rings. The molecule has 0 N–H and O–H groups in total. The molecule has 1 amide bonds. The normalized spacial score (nSPS) is 22.7. The van der Waals surface area contributed by atoms with E-state index in [9.17, 15) is 4.79 Å². The highest BCUT2D eigenvalue weighted by Crippen LogP contribution is 2.27. The van der Waals surface area contributed by atoms with Crippen molar-refractivity contribution < 1.29 is 9.53 Å². The van der Waals surface area contributed by atoms with Crippen LogP contribution in [0.5, 0.6) is 0 Å². The standard InChI is InChI=1S/C19H29BrN2O2/c1-5-10-21(16(4)17-8-6-7-9-18(17)20)13-19(23)22-11-14(2)24-15(3)12-22/h6-9,14-16H,5,10-13H2,1-4H3. The van der Waals surface area contributed by atoms with Gasteiger partial charge in [-0.3, -0.25) is 9.69 Å². The number of hydrogen-bond donors (Lipinski definition) is 0. The van der Waals surface area contributed by atoms with Crippen molar-refractivity contribution in [3.8, 4) is 0 Å². The molecule has 134 valence electrons. The van der Waals surface area contributed by atoms with E-state index in [1.165, 1.54) is 5.56 Å². The van der Waals surface area contributed by atoms with Gasteiger partial charge in [0.15, 0.2) is 0 Å². The summed E-state index contributed by atoms with van der Waals surface area (Å²) >= 11 is 3.64. The molecule has 5 heteroatoms. The zero-order valence-electron chi connectivity index (χ0n) is 15.2. The van der Waals surface area contributed by atoms with Crippen LogP contribution < -0.4 is 0 Å². The van der Waals surface area contributed by atoms with Gasteiger partial charge >= 0.3 is 0 Å². The van der Waals surface area contributed by atoms with Crippen LogP contribution in [0.1, 0.15) is 45.7 Å². The predicted molar refractivity (Wildman–Crippen MR) is 101 cm³/mol. The molecule has 0 radical (unpaired) electrons. The molecule has 2 rings (SSSR count). The highest BCUT2D eigenvalue weighted by Gasteiger charge is 2.28. The van der Waals surface area contributed by atoms with Gasteiger partial charge in [-0.1, -0.05) is 41.1 Å². The van der Waals surface area contributed by atoms with Crippen molar-refractivity contribution in [1.82, 2.24) is 9.80 Å². The monoisotopic (exact) mass is 396 g/mol. The van der Waals surface area contributed by atoms with Crippen LogP contribution in [0.3, 0.4) is 0 Å². The van der Waals surface area contributed by atoms with Crippen molar-refractivity contribution in [3.05, 3.63) is 34.3 Å². The molecule has 1 aromatic carbocycles. The quantitative estimate of drug-likeness (QED) is 0.731. The highest BCUT2D eigenvalue weighted by atomic mass is 79.9. The fourth-order valence-electron chi connectivity index (χ4n) is 3.36. The fraction of sp³-hybridized carbons (Fsp3) is 0.632. The topological polar surface area (TPSA) is 32.8 Å². The molecule has 24 heavy (non-hydrogen) atoms. The summed E-state index contributed by atoms with van der Waals surface area (Å²) in [6, 6.07) is 8.45. The number of carbonyl (C=O) groups excluding carboxylic acids is 1. The summed E-state index contributed by atoms with van der Waals surface area (Å²) in [7, 11) is 0. The summed E-state index contributed by atoms with van der Waals surface area (Å²) in [5.41, 5.74) is 1.22. The molecule has 1 heterocycles. The summed E-state index contributed by atoms with van der Waals surface area (Å²) in [5.74, 6) is 0.198. The third-order valence-corrected chi connectivity index (χ3v) is 5.25. The van der Waals surface area contributed by atoms with Gasteiger partial charge in [-0.2, -0.15) is 0 Å². The second-order valence-electron chi connectivity index (χ2n) is 6.72. The van der Waals surface area contributed by atoms with Crippen molar-refractivity contribution in [2.24, 2.45) is 0 Å². The first-order chi connectivity index (χ1) is 11.4. The average Bonchev–Trinajstić information content (AvgIpc) is 2.53. The van der Waals surface area contributed by atoms with E-state index in [4.69, 9.17) is 4.74 Å². The van der Waals surface area contributed by atoms with E-state index < -0.39 is 0 Å². The van der Waals surface area contributed by atoms with Crippen LogP contribution in [-0.4, -0.2) is 54.1 Å². The highest BCUT2D eigenvalue weighted by molar-refractivity contribution is 9.10. The number of morpholine rings is 1. The van der Waals surface area contributed by atoms with Crippen LogP contribution in [0.15, 0.2) is 28.7 Å². The van der Waals surface area contributed by atoms with Crippen molar-refractivity contribution >= 4 is 21.8 Å². The number of ether oxygens (including phenoxy) is 1. The molecule has 1 aliphatic rings. The Labute approximate surface area is 154 Å². The molecule has 0 spiro atoms. The Kier molecular flexibility index (Phi) is 7.26. The van der Waals surface area contributed by atoms with Crippen LogP contribution in [0.2, 0.25) is 0 Å². The summed E-state index contributed by atoms with van der Waals surface area (Å²) in [6.45, 7) is 11.1. The smallest absolute Gasteiger partial charge is 0.236 e. The number of halogens is 1. The van der Waals surface area contributed by atoms with E-state index in [1.54, 1.807) is 0 Å². The summed E-state index contributed by atoms with van der Waals surface area (Å²) in [5, 5.41) is 0. The van der Waals surface area contributed by atoms with Crippen LogP contribution >= 0.6 is 15.9 Å². The van der Waals surface area contributed by atoms with E-state index >= 15 is 0 Å². The molecule has 0 bridgehead atoms. The van der Waals surface area contributed by atoms with Gasteiger partial charge in [0, 0.05) is 23.6 Å². The fourth-order valence-corrected chi connectivity index (χ4v) is 3.98. The number of amides is 1. The Morgan fingerprint density at radius 3 is 2.54 bits per heavy atom. The van der Waals surface area contributed by atoms with Crippen LogP contribution in [-0.2, 0) is 9.53 Å². The second kappa shape index (κ2) is 8.97. The number of nitrogens with zero attached hydrogens (tertiary/aromatic N) is 2. The minimum Gasteiger partial charge on any atom is -0.372 e. The third-order valence-electron chi connectivity index (χ3n) is 4.52. The summed E-state index contributed by atoms with van der Waals surface area (Å²) < 4.78 is 6.83. The van der Waals surface area contributed by atoms with Gasteiger partial charge in [-0.05, 0) is 45.4 Å². The van der Waals surface area contributed by atoms with E-state index in [0.29, 0.717) is 19.6 Å². The lowest BCUT2D eigenvalue weighted by molar-refractivity contribution is -0.144. The van der Waals surface area contributed by atoms with Gasteiger partial charge < -0.3 is 9.64 Å². The minimum atomic E-state index is 0.109. The zero-order chi connectivity index (χ0) is 17.7. The number of rotatable bonds is 6. The molecule has 4 nitrogen and oxygen atoms in total. The summed E-state index contributed by atoms with van der Waals surface area (Å²) in [4.78, 5) is 17.0. The average molecular weight is 397 g/mol. The number of hydrogen-bond acceptors (Lipinski definition) is 3. The van der Waals surface area contributed by atoms with Gasteiger partial charge in [-0.25, -0.2) is 0 Å². The van der Waals surface area contributed by atoms with Crippen LogP contribution in [0.4, 0.5) is 0 Å². The van der Waals surface area contributed by atoms with Gasteiger partial charge in [0.25, 0.3) is 0 Å². The first-order valence-corrected chi connectivity index (χ1v) is 9.63. The molecule has 1 saturated heterocycles. The summed E-state index contributed by atoms with van der Waals surface area (Å²) in [6.07, 6.45) is 1.24. The van der Waals surface area contributed by atoms with Crippen molar-refractivity contribution in [3.63, 3.8) is 0 Å². The molecule has 0 aliphatic carbocycles. The Balaban J connectivity index is 2.07. The first kappa shape index (κ1) is 19.4. The zero-order valence-corrected chi connectivity index (χ0v) is 16.8. The van der Waals surface area contributed by atoms with E-state index in [-0.39, 0.29) is 24.2 Å². The molecule has 0 saturated carbocycles. The molecule has 1 aliphatic heterocycles.